The molecule has 4 aromatic rings. The van der Waals surface area contributed by atoms with E-state index in [2.05, 4.69) is 20.0 Å². The van der Waals surface area contributed by atoms with Gasteiger partial charge in [0.2, 0.25) is 5.91 Å². The van der Waals surface area contributed by atoms with E-state index in [0.717, 1.165) is 35.3 Å². The molecule has 0 saturated carbocycles. The molecule has 1 aliphatic rings. The number of benzene rings is 2. The van der Waals surface area contributed by atoms with Gasteiger partial charge in [-0.25, -0.2) is 13.8 Å². The van der Waals surface area contributed by atoms with Gasteiger partial charge in [0.15, 0.2) is 11.6 Å². The molecule has 42 heavy (non-hydrogen) atoms. The first-order valence-corrected chi connectivity index (χ1v) is 12.9. The predicted molar refractivity (Wildman–Crippen MR) is 142 cm³/mol. The summed E-state index contributed by atoms with van der Waals surface area (Å²) < 4.78 is 78.9. The maximum Gasteiger partial charge on any atom is 0.573 e. The number of fused-ring (bicyclic) bond motifs is 1. The number of amides is 1. The quantitative estimate of drug-likeness (QED) is 0.327. The van der Waals surface area contributed by atoms with Crippen LogP contribution in [0.1, 0.15) is 13.3 Å². The molecule has 220 valence electrons. The largest absolute Gasteiger partial charge is 0.573 e. The molecule has 3 heterocycles. The third kappa shape index (κ3) is 6.24. The van der Waals surface area contributed by atoms with Crippen molar-refractivity contribution < 1.29 is 36.2 Å². The molecule has 2 aromatic heterocycles. The standard InChI is InChI=1S/C28H24F5N5O4/c1-16(37-7-2-9-41-10-8-37)26(39)36-22-12-19(3-6-23(22)42-28(31,32)33)38-15-35-25-21(27(38)40)5-4-20(24(25)30)17-11-18(29)14-34-13-17/h3-6,11-16H,2,7-10H2,1H3,(H,36,39). The van der Waals surface area contributed by atoms with E-state index in [4.69, 9.17) is 4.74 Å². The van der Waals surface area contributed by atoms with Gasteiger partial charge in [-0.3, -0.25) is 24.0 Å². The van der Waals surface area contributed by atoms with E-state index < -0.39 is 41.3 Å². The van der Waals surface area contributed by atoms with E-state index in [9.17, 15) is 27.2 Å². The Bertz CT molecular complexity index is 1690. The molecule has 0 aliphatic carbocycles. The van der Waals surface area contributed by atoms with Gasteiger partial charge in [-0.15, -0.1) is 13.2 Å². The maximum atomic E-state index is 15.3. The highest BCUT2D eigenvalue weighted by Gasteiger charge is 2.33. The van der Waals surface area contributed by atoms with Crippen LogP contribution in [0.15, 0.2) is 59.9 Å². The first-order valence-electron chi connectivity index (χ1n) is 12.9. The molecule has 0 spiro atoms. The summed E-state index contributed by atoms with van der Waals surface area (Å²) >= 11 is 0. The fraction of sp³-hybridized carbons (Fsp3) is 0.286. The second kappa shape index (κ2) is 11.8. The summed E-state index contributed by atoms with van der Waals surface area (Å²) in [4.78, 5) is 36.0. The Morgan fingerprint density at radius 1 is 1.10 bits per heavy atom. The highest BCUT2D eigenvalue weighted by Crippen LogP contribution is 2.33. The Labute approximate surface area is 235 Å². The van der Waals surface area contributed by atoms with Gasteiger partial charge in [-0.1, -0.05) is 6.07 Å². The number of hydrogen-bond acceptors (Lipinski definition) is 7. The minimum absolute atomic E-state index is 0.0251. The van der Waals surface area contributed by atoms with Gasteiger partial charge in [-0.2, -0.15) is 0 Å². The number of rotatable bonds is 6. The fourth-order valence-corrected chi connectivity index (χ4v) is 4.66. The number of nitrogens with zero attached hydrogens (tertiary/aromatic N) is 4. The Morgan fingerprint density at radius 3 is 2.67 bits per heavy atom. The SMILES string of the molecule is CC(C(=O)Nc1cc(-n2cnc3c(F)c(-c4cncc(F)c4)ccc3c2=O)ccc1OC(F)(F)F)N1CCCOCC1. The van der Waals surface area contributed by atoms with Crippen LogP contribution in [-0.2, 0) is 9.53 Å². The molecule has 14 heteroatoms. The lowest BCUT2D eigenvalue weighted by Crippen LogP contribution is -2.43. The molecule has 0 radical (unpaired) electrons. The zero-order chi connectivity index (χ0) is 30.0. The number of nitrogens with one attached hydrogen (secondary N) is 1. The van der Waals surface area contributed by atoms with E-state index in [1.807, 2.05) is 4.90 Å². The first-order chi connectivity index (χ1) is 20.0. The second-order valence-electron chi connectivity index (χ2n) is 9.53. The molecule has 1 aliphatic heterocycles. The topological polar surface area (TPSA) is 98.6 Å². The molecule has 1 atom stereocenters. The monoisotopic (exact) mass is 589 g/mol. The Balaban J connectivity index is 1.51. The summed E-state index contributed by atoms with van der Waals surface area (Å²) in [6.07, 6.45) is -1.13. The lowest BCUT2D eigenvalue weighted by molar-refractivity contribution is -0.274. The normalized spacial score (nSPS) is 15.3. The molecule has 5 rings (SSSR count). The minimum Gasteiger partial charge on any atom is -0.404 e. The molecule has 1 fully saturated rings. The van der Waals surface area contributed by atoms with E-state index in [1.54, 1.807) is 6.92 Å². The Morgan fingerprint density at radius 2 is 1.90 bits per heavy atom. The fourth-order valence-electron chi connectivity index (χ4n) is 4.66. The zero-order valence-corrected chi connectivity index (χ0v) is 22.1. The van der Waals surface area contributed by atoms with Crippen LogP contribution in [0.3, 0.4) is 0 Å². The van der Waals surface area contributed by atoms with Crippen LogP contribution in [0.25, 0.3) is 27.7 Å². The number of hydrogen-bond donors (Lipinski definition) is 1. The van der Waals surface area contributed by atoms with Crippen LogP contribution in [-0.4, -0.2) is 64.0 Å². The first kappa shape index (κ1) is 29.1. The number of anilines is 1. The molecule has 0 bridgehead atoms. The van der Waals surface area contributed by atoms with Crippen molar-refractivity contribution in [3.63, 3.8) is 0 Å². The molecule has 1 amide bonds. The summed E-state index contributed by atoms with van der Waals surface area (Å²) in [7, 11) is 0. The van der Waals surface area contributed by atoms with Crippen LogP contribution in [0, 0.1) is 11.6 Å². The number of pyridine rings is 1. The lowest BCUT2D eigenvalue weighted by atomic mass is 10.0. The number of alkyl halides is 3. The van der Waals surface area contributed by atoms with Gasteiger partial charge >= 0.3 is 6.36 Å². The van der Waals surface area contributed by atoms with E-state index in [1.165, 1.54) is 24.4 Å². The van der Waals surface area contributed by atoms with Crippen molar-refractivity contribution in [2.75, 3.05) is 31.6 Å². The molecule has 1 unspecified atom stereocenters. The molecular weight excluding hydrogens is 565 g/mol. The Kier molecular flexibility index (Phi) is 8.18. The summed E-state index contributed by atoms with van der Waals surface area (Å²) in [5.74, 6) is -2.83. The Hall–Kier alpha value is -4.43. The third-order valence-corrected chi connectivity index (χ3v) is 6.79. The van der Waals surface area contributed by atoms with Crippen LogP contribution >= 0.6 is 0 Å². The van der Waals surface area contributed by atoms with Crippen LogP contribution < -0.4 is 15.6 Å². The van der Waals surface area contributed by atoms with Crippen molar-refractivity contribution in [1.82, 2.24) is 19.4 Å². The van der Waals surface area contributed by atoms with Crippen molar-refractivity contribution in [2.45, 2.75) is 25.7 Å². The van der Waals surface area contributed by atoms with Crippen LogP contribution in [0.4, 0.5) is 27.6 Å². The van der Waals surface area contributed by atoms with Crippen molar-refractivity contribution in [2.24, 2.45) is 0 Å². The van der Waals surface area contributed by atoms with Gasteiger partial charge in [0.25, 0.3) is 5.56 Å². The molecule has 2 aromatic carbocycles. The average molecular weight is 590 g/mol. The van der Waals surface area contributed by atoms with Crippen molar-refractivity contribution in [3.8, 4) is 22.6 Å². The van der Waals surface area contributed by atoms with Crippen LogP contribution in [0.2, 0.25) is 0 Å². The van der Waals surface area contributed by atoms with Gasteiger partial charge in [-0.05, 0) is 43.7 Å². The number of aromatic nitrogens is 3. The summed E-state index contributed by atoms with van der Waals surface area (Å²) in [5, 5.41) is 2.34. The highest BCUT2D eigenvalue weighted by molar-refractivity contribution is 5.96. The van der Waals surface area contributed by atoms with Gasteiger partial charge in [0.05, 0.1) is 35.6 Å². The van der Waals surface area contributed by atoms with E-state index in [0.29, 0.717) is 32.7 Å². The zero-order valence-electron chi connectivity index (χ0n) is 22.1. The number of ether oxygens (including phenoxy) is 2. The smallest absolute Gasteiger partial charge is 0.404 e. The number of carbonyl (C=O) groups excluding carboxylic acids is 1. The maximum absolute atomic E-state index is 15.3. The average Bonchev–Trinajstić information content (AvgIpc) is 3.23. The number of halogens is 5. The van der Waals surface area contributed by atoms with E-state index >= 15 is 4.39 Å². The van der Waals surface area contributed by atoms with Crippen LogP contribution in [0.5, 0.6) is 5.75 Å². The summed E-state index contributed by atoms with van der Waals surface area (Å²) in [5.41, 5.74) is -1.21. The molecule has 1 N–H and O–H groups in total. The highest BCUT2D eigenvalue weighted by atomic mass is 19.4. The van der Waals surface area contributed by atoms with Crippen molar-refractivity contribution >= 4 is 22.5 Å². The van der Waals surface area contributed by atoms with Crippen molar-refractivity contribution in [3.05, 3.63) is 77.1 Å². The van der Waals surface area contributed by atoms with Gasteiger partial charge in [0.1, 0.15) is 17.7 Å². The summed E-state index contributed by atoms with van der Waals surface area (Å²) in [6, 6.07) is 6.23. The molecular formula is C28H24F5N5O4. The second-order valence-corrected chi connectivity index (χ2v) is 9.53. The number of carbonyl (C=O) groups is 1. The lowest BCUT2D eigenvalue weighted by Gasteiger charge is -2.26. The van der Waals surface area contributed by atoms with E-state index in [-0.39, 0.29) is 33.4 Å². The summed E-state index contributed by atoms with van der Waals surface area (Å²) in [6.45, 7) is 3.60. The predicted octanol–water partition coefficient (Wildman–Crippen LogP) is 4.67. The molecule has 9 nitrogen and oxygen atoms in total. The minimum atomic E-state index is -5.05. The third-order valence-electron chi connectivity index (χ3n) is 6.79. The van der Waals surface area contributed by atoms with Crippen molar-refractivity contribution in [1.29, 1.82) is 0 Å². The molecule has 1 saturated heterocycles. The van der Waals surface area contributed by atoms with Gasteiger partial charge < -0.3 is 14.8 Å². The van der Waals surface area contributed by atoms with Gasteiger partial charge in [0, 0.05) is 37.0 Å².